The summed E-state index contributed by atoms with van der Waals surface area (Å²) < 4.78 is 2.05. The Kier molecular flexibility index (Phi) is 2.39. The summed E-state index contributed by atoms with van der Waals surface area (Å²) in [6.07, 6.45) is 0.962. The largest absolute Gasteiger partial charge is 0.385 e. The highest BCUT2D eigenvalue weighted by Crippen LogP contribution is 2.18. The van der Waals surface area contributed by atoms with Crippen molar-refractivity contribution in [2.45, 2.75) is 27.2 Å². The molecule has 0 amide bonds. The molecule has 0 atom stereocenters. The molecule has 0 aromatic carbocycles. The zero-order valence-corrected chi connectivity index (χ0v) is 9.49. The molecule has 0 saturated carbocycles. The van der Waals surface area contributed by atoms with Crippen molar-refractivity contribution in [1.29, 1.82) is 0 Å². The fourth-order valence-electron chi connectivity index (χ4n) is 1.90. The summed E-state index contributed by atoms with van der Waals surface area (Å²) in [5, 5.41) is 0. The van der Waals surface area contributed by atoms with Gasteiger partial charge in [-0.3, -0.25) is 4.40 Å². The molecular weight excluding hydrogens is 186 g/mol. The van der Waals surface area contributed by atoms with Crippen molar-refractivity contribution in [2.24, 2.45) is 5.92 Å². The molecule has 2 aromatic heterocycles. The number of hydrogen-bond donors (Lipinski definition) is 1. The summed E-state index contributed by atoms with van der Waals surface area (Å²) in [5.74, 6) is 2.42. The Morgan fingerprint density at radius 1 is 1.40 bits per heavy atom. The number of aryl methyl sites for hydroxylation is 1. The van der Waals surface area contributed by atoms with Gasteiger partial charge in [-0.1, -0.05) is 19.9 Å². The van der Waals surface area contributed by atoms with Gasteiger partial charge >= 0.3 is 0 Å². The van der Waals surface area contributed by atoms with E-state index in [2.05, 4.69) is 29.3 Å². The van der Waals surface area contributed by atoms with Crippen LogP contribution in [-0.4, -0.2) is 9.38 Å². The third kappa shape index (κ3) is 1.69. The topological polar surface area (TPSA) is 43.3 Å². The van der Waals surface area contributed by atoms with Crippen LogP contribution in [0.3, 0.4) is 0 Å². The van der Waals surface area contributed by atoms with E-state index in [-0.39, 0.29) is 0 Å². The molecule has 0 saturated heterocycles. The molecule has 0 aliphatic heterocycles. The van der Waals surface area contributed by atoms with Crippen LogP contribution >= 0.6 is 0 Å². The lowest BCUT2D eigenvalue weighted by Crippen LogP contribution is -2.04. The second-order valence-corrected chi connectivity index (χ2v) is 4.38. The minimum absolute atomic E-state index is 0.592. The standard InChI is InChI=1S/C12H17N3/c1-8(2)7-12-14-9(3)10-5-4-6-11(13)15(10)12/h4-6,8H,7,13H2,1-3H3. The molecule has 0 bridgehead atoms. The Morgan fingerprint density at radius 3 is 2.80 bits per heavy atom. The first-order chi connectivity index (χ1) is 7.09. The fraction of sp³-hybridized carbons (Fsp3) is 0.417. The summed E-state index contributed by atoms with van der Waals surface area (Å²) in [4.78, 5) is 4.57. The first-order valence-electron chi connectivity index (χ1n) is 5.32. The molecule has 0 fully saturated rings. The molecular formula is C12H17N3. The summed E-state index contributed by atoms with van der Waals surface area (Å²) in [6, 6.07) is 5.94. The van der Waals surface area contributed by atoms with Crippen LogP contribution in [0.1, 0.15) is 25.4 Å². The molecule has 2 heterocycles. The molecule has 2 rings (SSSR count). The predicted molar refractivity (Wildman–Crippen MR) is 62.9 cm³/mol. The fourth-order valence-corrected chi connectivity index (χ4v) is 1.90. The quantitative estimate of drug-likeness (QED) is 0.814. The highest BCUT2D eigenvalue weighted by Gasteiger charge is 2.10. The van der Waals surface area contributed by atoms with Crippen molar-refractivity contribution in [2.75, 3.05) is 5.73 Å². The molecule has 0 aliphatic carbocycles. The van der Waals surface area contributed by atoms with Gasteiger partial charge in [0.15, 0.2) is 0 Å². The average molecular weight is 203 g/mol. The molecule has 2 aromatic rings. The maximum absolute atomic E-state index is 5.97. The third-order valence-electron chi connectivity index (χ3n) is 2.54. The van der Waals surface area contributed by atoms with E-state index in [9.17, 15) is 0 Å². The minimum Gasteiger partial charge on any atom is -0.385 e. The molecule has 0 aliphatic rings. The maximum Gasteiger partial charge on any atom is 0.115 e. The number of imidazole rings is 1. The third-order valence-corrected chi connectivity index (χ3v) is 2.54. The summed E-state index contributed by atoms with van der Waals surface area (Å²) in [6.45, 7) is 6.41. The Morgan fingerprint density at radius 2 is 2.13 bits per heavy atom. The van der Waals surface area contributed by atoms with Gasteiger partial charge in [0.2, 0.25) is 0 Å². The molecule has 0 unspecified atom stereocenters. The van der Waals surface area contributed by atoms with Gasteiger partial charge in [-0.15, -0.1) is 0 Å². The van der Waals surface area contributed by atoms with Crippen molar-refractivity contribution in [3.05, 3.63) is 29.7 Å². The second kappa shape index (κ2) is 3.57. The summed E-state index contributed by atoms with van der Waals surface area (Å²) in [5.41, 5.74) is 8.14. The molecule has 15 heavy (non-hydrogen) atoms. The molecule has 2 N–H and O–H groups in total. The molecule has 3 nitrogen and oxygen atoms in total. The SMILES string of the molecule is Cc1nc(CC(C)C)n2c(N)cccc12. The second-order valence-electron chi connectivity index (χ2n) is 4.38. The minimum atomic E-state index is 0.592. The number of nitrogens with zero attached hydrogens (tertiary/aromatic N) is 2. The molecule has 3 heteroatoms. The van der Waals surface area contributed by atoms with Crippen LogP contribution in [0.2, 0.25) is 0 Å². The Hall–Kier alpha value is -1.51. The maximum atomic E-state index is 5.97. The van der Waals surface area contributed by atoms with Crippen LogP contribution in [0.25, 0.3) is 5.52 Å². The number of pyridine rings is 1. The number of rotatable bonds is 2. The van der Waals surface area contributed by atoms with Crippen molar-refractivity contribution >= 4 is 11.3 Å². The Bertz CT molecular complexity index is 483. The number of nitrogens with two attached hydrogens (primary N) is 1. The van der Waals surface area contributed by atoms with Crippen molar-refractivity contribution < 1.29 is 0 Å². The Balaban J connectivity index is 2.65. The van der Waals surface area contributed by atoms with Crippen LogP contribution in [0.4, 0.5) is 5.82 Å². The van der Waals surface area contributed by atoms with E-state index < -0.39 is 0 Å². The smallest absolute Gasteiger partial charge is 0.115 e. The first kappa shape index (κ1) is 10.0. The molecule has 80 valence electrons. The lowest BCUT2D eigenvalue weighted by Gasteiger charge is -2.06. The van der Waals surface area contributed by atoms with E-state index in [4.69, 9.17) is 5.73 Å². The van der Waals surface area contributed by atoms with Crippen LogP contribution < -0.4 is 5.73 Å². The number of nitrogen functional groups attached to an aromatic ring is 1. The van der Waals surface area contributed by atoms with Crippen molar-refractivity contribution in [3.63, 3.8) is 0 Å². The number of hydrogen-bond acceptors (Lipinski definition) is 2. The van der Waals surface area contributed by atoms with E-state index in [1.807, 2.05) is 19.1 Å². The highest BCUT2D eigenvalue weighted by molar-refractivity contribution is 5.58. The van der Waals surface area contributed by atoms with Crippen molar-refractivity contribution in [3.8, 4) is 0 Å². The van der Waals surface area contributed by atoms with Gasteiger partial charge in [-0.25, -0.2) is 4.98 Å². The van der Waals surface area contributed by atoms with Gasteiger partial charge in [-0.2, -0.15) is 0 Å². The van der Waals surface area contributed by atoms with Gasteiger partial charge < -0.3 is 5.73 Å². The van der Waals surface area contributed by atoms with Crippen LogP contribution in [0, 0.1) is 12.8 Å². The zero-order chi connectivity index (χ0) is 11.0. The lowest BCUT2D eigenvalue weighted by atomic mass is 10.1. The van der Waals surface area contributed by atoms with E-state index in [1.165, 1.54) is 0 Å². The van der Waals surface area contributed by atoms with Gasteiger partial charge in [0.05, 0.1) is 11.2 Å². The zero-order valence-electron chi connectivity index (χ0n) is 9.49. The van der Waals surface area contributed by atoms with Gasteiger partial charge in [0, 0.05) is 6.42 Å². The number of anilines is 1. The van der Waals surface area contributed by atoms with Crippen molar-refractivity contribution in [1.82, 2.24) is 9.38 Å². The van der Waals surface area contributed by atoms with Gasteiger partial charge in [0.25, 0.3) is 0 Å². The molecule has 0 spiro atoms. The van der Waals surface area contributed by atoms with Crippen LogP contribution in [0.15, 0.2) is 18.2 Å². The monoisotopic (exact) mass is 203 g/mol. The number of aromatic nitrogens is 2. The lowest BCUT2D eigenvalue weighted by molar-refractivity contribution is 0.619. The number of fused-ring (bicyclic) bond motifs is 1. The predicted octanol–water partition coefficient (Wildman–Crippen LogP) is 2.42. The van der Waals surface area contributed by atoms with Crippen LogP contribution in [0.5, 0.6) is 0 Å². The first-order valence-corrected chi connectivity index (χ1v) is 5.32. The van der Waals surface area contributed by atoms with Gasteiger partial charge in [-0.05, 0) is 25.0 Å². The van der Waals surface area contributed by atoms with E-state index >= 15 is 0 Å². The summed E-state index contributed by atoms with van der Waals surface area (Å²) in [7, 11) is 0. The van der Waals surface area contributed by atoms with E-state index in [1.54, 1.807) is 0 Å². The highest BCUT2D eigenvalue weighted by atomic mass is 15.1. The van der Waals surface area contributed by atoms with E-state index in [0.717, 1.165) is 29.3 Å². The normalized spacial score (nSPS) is 11.5. The van der Waals surface area contributed by atoms with E-state index in [0.29, 0.717) is 5.92 Å². The Labute approximate surface area is 89.9 Å². The molecule has 0 radical (unpaired) electrons. The summed E-state index contributed by atoms with van der Waals surface area (Å²) >= 11 is 0. The van der Waals surface area contributed by atoms with Gasteiger partial charge in [0.1, 0.15) is 11.6 Å². The van der Waals surface area contributed by atoms with Crippen LogP contribution in [-0.2, 0) is 6.42 Å². The average Bonchev–Trinajstić information content (AvgIpc) is 2.44.